The van der Waals surface area contributed by atoms with E-state index in [0.29, 0.717) is 33.6 Å². The van der Waals surface area contributed by atoms with Gasteiger partial charge in [-0.3, -0.25) is 9.59 Å². The summed E-state index contributed by atoms with van der Waals surface area (Å²) in [7, 11) is 1.56. The summed E-state index contributed by atoms with van der Waals surface area (Å²) in [6.07, 6.45) is 0. The largest absolute Gasteiger partial charge is 0.497 e. The molecule has 6 heteroatoms. The molecule has 0 atom stereocenters. The van der Waals surface area contributed by atoms with Crippen LogP contribution in [0.5, 0.6) is 5.75 Å². The number of carbonyl (C=O) groups excluding carboxylic acids is 2. The Morgan fingerprint density at radius 3 is 2.03 bits per heavy atom. The van der Waals surface area contributed by atoms with Crippen LogP contribution in [0.3, 0.4) is 0 Å². The number of methoxy groups -OCH3 is 1. The van der Waals surface area contributed by atoms with Gasteiger partial charge in [-0.1, -0.05) is 30.3 Å². The van der Waals surface area contributed by atoms with Crippen LogP contribution in [0.25, 0.3) is 21.9 Å². The van der Waals surface area contributed by atoms with E-state index < -0.39 is 5.91 Å². The van der Waals surface area contributed by atoms with Gasteiger partial charge in [0.1, 0.15) is 16.9 Å². The average molecular weight is 425 g/mol. The number of benzene rings is 3. The number of carbonyl (C=O) groups is 2. The van der Waals surface area contributed by atoms with Crippen LogP contribution < -0.4 is 10.1 Å². The summed E-state index contributed by atoms with van der Waals surface area (Å²) in [5, 5.41) is 4.35. The van der Waals surface area contributed by atoms with E-state index in [4.69, 9.17) is 13.6 Å². The average Bonchev–Trinajstić information content (AvgIpc) is 3.37. The van der Waals surface area contributed by atoms with Crippen LogP contribution in [0.4, 0.5) is 5.69 Å². The zero-order valence-corrected chi connectivity index (χ0v) is 17.5. The molecule has 1 amide bonds. The fourth-order valence-electron chi connectivity index (χ4n) is 3.76. The molecular formula is C26H19NO5. The van der Waals surface area contributed by atoms with E-state index in [-0.39, 0.29) is 17.3 Å². The molecule has 158 valence electrons. The predicted octanol–water partition coefficient (Wildman–Crippen LogP) is 5.98. The quantitative estimate of drug-likeness (QED) is 0.350. The second-order valence-electron chi connectivity index (χ2n) is 7.37. The second-order valence-corrected chi connectivity index (χ2v) is 7.37. The molecule has 0 aliphatic rings. The summed E-state index contributed by atoms with van der Waals surface area (Å²) in [5.41, 5.74) is 2.59. The van der Waals surface area contributed by atoms with Crippen LogP contribution in [-0.4, -0.2) is 18.8 Å². The van der Waals surface area contributed by atoms with Crippen molar-refractivity contribution in [1.29, 1.82) is 0 Å². The zero-order valence-electron chi connectivity index (χ0n) is 17.5. The maximum absolute atomic E-state index is 13.3. The first-order valence-electron chi connectivity index (χ1n) is 10.1. The molecule has 0 saturated carbocycles. The lowest BCUT2D eigenvalue weighted by Crippen LogP contribution is -2.14. The van der Waals surface area contributed by atoms with E-state index in [1.54, 1.807) is 43.5 Å². The molecule has 0 aliphatic carbocycles. The second kappa shape index (κ2) is 7.74. The molecule has 0 unspecified atom stereocenters. The van der Waals surface area contributed by atoms with E-state index in [0.717, 1.165) is 10.9 Å². The van der Waals surface area contributed by atoms with Gasteiger partial charge in [0.15, 0.2) is 11.5 Å². The summed E-state index contributed by atoms with van der Waals surface area (Å²) < 4.78 is 16.8. The highest BCUT2D eigenvalue weighted by Crippen LogP contribution is 2.34. The number of ketones is 1. The van der Waals surface area contributed by atoms with Crippen molar-refractivity contribution in [2.75, 3.05) is 12.4 Å². The lowest BCUT2D eigenvalue weighted by Gasteiger charge is -2.06. The normalized spacial score (nSPS) is 11.1. The van der Waals surface area contributed by atoms with Crippen molar-refractivity contribution in [3.8, 4) is 5.75 Å². The molecular weight excluding hydrogens is 406 g/mol. The van der Waals surface area contributed by atoms with Gasteiger partial charge in [-0.2, -0.15) is 0 Å². The minimum Gasteiger partial charge on any atom is -0.497 e. The first-order chi connectivity index (χ1) is 15.6. The third-order valence-corrected chi connectivity index (χ3v) is 5.44. The van der Waals surface area contributed by atoms with Gasteiger partial charge in [-0.15, -0.1) is 0 Å². The number of aryl methyl sites for hydroxylation is 1. The van der Waals surface area contributed by atoms with Crippen molar-refractivity contribution in [3.63, 3.8) is 0 Å². The number of hydrogen-bond acceptors (Lipinski definition) is 5. The van der Waals surface area contributed by atoms with Crippen molar-refractivity contribution >= 4 is 39.3 Å². The van der Waals surface area contributed by atoms with Gasteiger partial charge in [-0.05, 0) is 49.4 Å². The molecule has 0 saturated heterocycles. The lowest BCUT2D eigenvalue weighted by atomic mass is 10.1. The Balaban J connectivity index is 1.57. The van der Waals surface area contributed by atoms with E-state index in [2.05, 4.69) is 5.32 Å². The summed E-state index contributed by atoms with van der Waals surface area (Å²) >= 11 is 0. The molecule has 6 nitrogen and oxygen atoms in total. The molecule has 2 aromatic heterocycles. The topological polar surface area (TPSA) is 81.7 Å². The molecule has 2 heterocycles. The van der Waals surface area contributed by atoms with E-state index in [1.807, 2.05) is 43.3 Å². The minimum absolute atomic E-state index is 0.0541. The van der Waals surface area contributed by atoms with E-state index >= 15 is 0 Å². The summed E-state index contributed by atoms with van der Waals surface area (Å²) in [6.45, 7) is 1.83. The number of furan rings is 2. The van der Waals surface area contributed by atoms with Crippen LogP contribution in [0.1, 0.15) is 32.2 Å². The number of hydrogen-bond donors (Lipinski definition) is 1. The number of anilines is 1. The molecule has 0 fully saturated rings. The van der Waals surface area contributed by atoms with Crippen molar-refractivity contribution in [2.24, 2.45) is 0 Å². The highest BCUT2D eigenvalue weighted by Gasteiger charge is 2.26. The Labute approximate surface area is 183 Å². The molecule has 0 aliphatic heterocycles. The van der Waals surface area contributed by atoms with Crippen molar-refractivity contribution in [2.45, 2.75) is 6.92 Å². The molecule has 5 rings (SSSR count). The third-order valence-electron chi connectivity index (χ3n) is 5.44. The maximum Gasteiger partial charge on any atom is 0.291 e. The zero-order chi connectivity index (χ0) is 22.2. The molecule has 0 bridgehead atoms. The fourth-order valence-corrected chi connectivity index (χ4v) is 3.76. The van der Waals surface area contributed by atoms with Crippen LogP contribution in [0.2, 0.25) is 0 Å². The van der Waals surface area contributed by atoms with Gasteiger partial charge in [0, 0.05) is 21.9 Å². The van der Waals surface area contributed by atoms with Crippen molar-refractivity contribution in [3.05, 3.63) is 95.4 Å². The number of amides is 1. The monoisotopic (exact) mass is 425 g/mol. The summed E-state index contributed by atoms with van der Waals surface area (Å²) in [4.78, 5) is 26.4. The standard InChI is InChI=1S/C26H19NO5/c1-15-18-7-3-5-9-20(18)31-24(15)26(29)27-22-19-8-4-6-10-21(19)32-25(22)23(28)16-11-13-17(30-2)14-12-16/h3-14H,1-2H3,(H,27,29). The molecule has 0 spiro atoms. The minimum atomic E-state index is -0.450. The Bertz CT molecular complexity index is 1470. The number of nitrogens with one attached hydrogen (secondary N) is 1. The van der Waals surface area contributed by atoms with Gasteiger partial charge in [0.25, 0.3) is 5.91 Å². The number of ether oxygens (including phenoxy) is 1. The summed E-state index contributed by atoms with van der Waals surface area (Å²) in [6, 6.07) is 21.3. The molecule has 0 radical (unpaired) electrons. The van der Waals surface area contributed by atoms with Crippen molar-refractivity contribution < 1.29 is 23.2 Å². The number of para-hydroxylation sites is 2. The van der Waals surface area contributed by atoms with Crippen LogP contribution in [0.15, 0.2) is 81.6 Å². The molecule has 3 aromatic carbocycles. The van der Waals surface area contributed by atoms with Gasteiger partial charge in [0.2, 0.25) is 5.78 Å². The van der Waals surface area contributed by atoms with Gasteiger partial charge >= 0.3 is 0 Å². The predicted molar refractivity (Wildman–Crippen MR) is 122 cm³/mol. The first-order valence-corrected chi connectivity index (χ1v) is 10.1. The molecule has 1 N–H and O–H groups in total. The van der Waals surface area contributed by atoms with Crippen LogP contribution >= 0.6 is 0 Å². The number of rotatable bonds is 5. The first kappa shape index (κ1) is 19.6. The van der Waals surface area contributed by atoms with Gasteiger partial charge in [0.05, 0.1) is 12.8 Å². The highest BCUT2D eigenvalue weighted by molar-refractivity contribution is 6.19. The lowest BCUT2D eigenvalue weighted by molar-refractivity contribution is 0.0997. The fraction of sp³-hybridized carbons (Fsp3) is 0.0769. The third kappa shape index (κ3) is 3.22. The van der Waals surface area contributed by atoms with E-state index in [1.165, 1.54) is 0 Å². The Morgan fingerprint density at radius 2 is 1.38 bits per heavy atom. The van der Waals surface area contributed by atoms with Crippen LogP contribution in [-0.2, 0) is 0 Å². The maximum atomic E-state index is 13.3. The van der Waals surface area contributed by atoms with Gasteiger partial charge in [-0.25, -0.2) is 0 Å². The Hall–Kier alpha value is -4.32. The molecule has 5 aromatic rings. The Kier molecular flexibility index (Phi) is 4.75. The Morgan fingerprint density at radius 1 is 0.781 bits per heavy atom. The highest BCUT2D eigenvalue weighted by atomic mass is 16.5. The smallest absolute Gasteiger partial charge is 0.291 e. The summed E-state index contributed by atoms with van der Waals surface area (Å²) in [5.74, 6) is 0.0902. The SMILES string of the molecule is COc1ccc(C(=O)c2oc3ccccc3c2NC(=O)c2oc3ccccc3c2C)cc1. The van der Waals surface area contributed by atoms with E-state index in [9.17, 15) is 9.59 Å². The van der Waals surface area contributed by atoms with Crippen LogP contribution in [0, 0.1) is 6.92 Å². The number of fused-ring (bicyclic) bond motifs is 2. The van der Waals surface area contributed by atoms with Crippen molar-refractivity contribution in [1.82, 2.24) is 0 Å². The van der Waals surface area contributed by atoms with Gasteiger partial charge < -0.3 is 18.9 Å². The molecule has 32 heavy (non-hydrogen) atoms.